The Morgan fingerprint density at radius 3 is 2.83 bits per heavy atom. The van der Waals surface area contributed by atoms with Crippen molar-refractivity contribution in [1.29, 1.82) is 0 Å². The molecule has 2 aromatic rings. The van der Waals surface area contributed by atoms with Crippen molar-refractivity contribution in [1.82, 2.24) is 15.1 Å². The summed E-state index contributed by atoms with van der Waals surface area (Å²) in [7, 11) is 1.87. The fourth-order valence-corrected chi connectivity index (χ4v) is 2.95. The summed E-state index contributed by atoms with van der Waals surface area (Å²) in [5.41, 5.74) is 1.29. The lowest BCUT2D eigenvalue weighted by atomic mass is 9.83. The Morgan fingerprint density at radius 2 is 2.17 bits per heavy atom. The van der Waals surface area contributed by atoms with Crippen LogP contribution in [0.25, 0.3) is 0 Å². The van der Waals surface area contributed by atoms with Crippen molar-refractivity contribution < 1.29 is 9.18 Å². The summed E-state index contributed by atoms with van der Waals surface area (Å²) in [5.74, 6) is -0.230. The number of carbonyl (C=O) groups is 1. The number of carbonyl (C=O) groups excluding carboxylic acids is 1. The quantitative estimate of drug-likeness (QED) is 0.895. The number of benzene rings is 1. The molecule has 0 unspecified atom stereocenters. The summed E-state index contributed by atoms with van der Waals surface area (Å²) in [6, 6.07) is 6.75. The maximum absolute atomic E-state index is 14.3. The maximum Gasteiger partial charge on any atom is 0.230 e. The van der Waals surface area contributed by atoms with Gasteiger partial charge in [-0.2, -0.15) is 5.10 Å². The third-order valence-corrected chi connectivity index (χ3v) is 4.91. The van der Waals surface area contributed by atoms with Gasteiger partial charge in [-0.05, 0) is 38.8 Å². The predicted molar refractivity (Wildman–Crippen MR) is 91.5 cm³/mol. The molecule has 1 aromatic heterocycles. The Hall–Kier alpha value is -1.88. The van der Waals surface area contributed by atoms with Crippen LogP contribution in [0.3, 0.4) is 0 Å². The molecule has 1 heterocycles. The molecule has 3 rings (SSSR count). The molecule has 0 saturated heterocycles. The van der Waals surface area contributed by atoms with E-state index in [1.807, 2.05) is 13.1 Å². The monoisotopic (exact) mass is 349 g/mol. The van der Waals surface area contributed by atoms with Gasteiger partial charge in [-0.1, -0.05) is 23.7 Å². The summed E-state index contributed by atoms with van der Waals surface area (Å²) in [4.78, 5) is 12.6. The first-order valence-electron chi connectivity index (χ1n) is 8.06. The number of aromatic nitrogens is 2. The first-order valence-corrected chi connectivity index (χ1v) is 8.44. The second-order valence-electron chi connectivity index (χ2n) is 6.87. The number of hydrogen-bond donors (Lipinski definition) is 1. The van der Waals surface area contributed by atoms with Crippen LogP contribution in [0.1, 0.15) is 49.6 Å². The van der Waals surface area contributed by atoms with Crippen LogP contribution >= 0.6 is 11.6 Å². The zero-order valence-corrected chi connectivity index (χ0v) is 14.8. The SMILES string of the molecule is Cn1nc(C2CC2)cc1CNC(=O)C(C)(C)c1cccc(Cl)c1F. The van der Waals surface area contributed by atoms with Gasteiger partial charge in [0, 0.05) is 18.5 Å². The van der Waals surface area contributed by atoms with Crippen LogP contribution in [-0.4, -0.2) is 15.7 Å². The summed E-state index contributed by atoms with van der Waals surface area (Å²) in [6.07, 6.45) is 2.37. The van der Waals surface area contributed by atoms with E-state index in [9.17, 15) is 9.18 Å². The molecule has 1 aliphatic carbocycles. The molecular formula is C18H21ClFN3O. The largest absolute Gasteiger partial charge is 0.350 e. The number of amides is 1. The van der Waals surface area contributed by atoms with E-state index in [4.69, 9.17) is 11.6 Å². The molecule has 1 N–H and O–H groups in total. The van der Waals surface area contributed by atoms with E-state index >= 15 is 0 Å². The Balaban J connectivity index is 1.73. The van der Waals surface area contributed by atoms with Gasteiger partial charge in [-0.3, -0.25) is 9.48 Å². The standard InChI is InChI=1S/C18H21ClFN3O/c1-18(2,13-5-4-6-14(19)16(13)20)17(24)21-10-12-9-15(11-7-8-11)22-23(12)3/h4-6,9,11H,7-8,10H2,1-3H3,(H,21,24). The smallest absolute Gasteiger partial charge is 0.230 e. The van der Waals surface area contributed by atoms with Gasteiger partial charge in [0.25, 0.3) is 0 Å². The molecule has 1 amide bonds. The van der Waals surface area contributed by atoms with Crippen LogP contribution < -0.4 is 5.32 Å². The number of halogens is 2. The van der Waals surface area contributed by atoms with Crippen molar-refractivity contribution >= 4 is 17.5 Å². The summed E-state index contributed by atoms with van der Waals surface area (Å²) in [5, 5.41) is 7.40. The number of hydrogen-bond acceptors (Lipinski definition) is 2. The van der Waals surface area contributed by atoms with E-state index in [2.05, 4.69) is 10.4 Å². The lowest BCUT2D eigenvalue weighted by Gasteiger charge is -2.25. The highest BCUT2D eigenvalue weighted by molar-refractivity contribution is 6.30. The number of aryl methyl sites for hydroxylation is 1. The second-order valence-corrected chi connectivity index (χ2v) is 7.27. The van der Waals surface area contributed by atoms with Gasteiger partial charge in [-0.25, -0.2) is 4.39 Å². The molecule has 0 radical (unpaired) electrons. The summed E-state index contributed by atoms with van der Waals surface area (Å²) in [6.45, 7) is 3.74. The Bertz CT molecular complexity index is 781. The summed E-state index contributed by atoms with van der Waals surface area (Å²) >= 11 is 5.84. The molecule has 0 atom stereocenters. The number of rotatable bonds is 5. The third-order valence-electron chi connectivity index (χ3n) is 4.61. The molecule has 0 spiro atoms. The third kappa shape index (κ3) is 3.18. The van der Waals surface area contributed by atoms with Crippen LogP contribution in [0, 0.1) is 5.82 Å². The minimum atomic E-state index is -1.02. The topological polar surface area (TPSA) is 46.9 Å². The Labute approximate surface area is 146 Å². The fraction of sp³-hybridized carbons (Fsp3) is 0.444. The average molecular weight is 350 g/mol. The molecular weight excluding hydrogens is 329 g/mol. The molecule has 24 heavy (non-hydrogen) atoms. The fourth-order valence-electron chi connectivity index (χ4n) is 2.78. The molecule has 0 bridgehead atoms. The zero-order chi connectivity index (χ0) is 17.5. The molecule has 1 fully saturated rings. The van der Waals surface area contributed by atoms with E-state index in [1.165, 1.54) is 18.9 Å². The van der Waals surface area contributed by atoms with Gasteiger partial charge in [0.1, 0.15) is 5.82 Å². The minimum absolute atomic E-state index is 0.0223. The van der Waals surface area contributed by atoms with Crippen LogP contribution in [0.5, 0.6) is 0 Å². The lowest BCUT2D eigenvalue weighted by molar-refractivity contribution is -0.125. The molecule has 6 heteroatoms. The molecule has 4 nitrogen and oxygen atoms in total. The second kappa shape index (κ2) is 6.20. The first kappa shape index (κ1) is 17.0. The van der Waals surface area contributed by atoms with Crippen molar-refractivity contribution in [3.63, 3.8) is 0 Å². The minimum Gasteiger partial charge on any atom is -0.350 e. The van der Waals surface area contributed by atoms with E-state index in [0.717, 1.165) is 11.4 Å². The molecule has 1 aromatic carbocycles. The van der Waals surface area contributed by atoms with Gasteiger partial charge in [0.2, 0.25) is 5.91 Å². The highest BCUT2D eigenvalue weighted by Gasteiger charge is 2.33. The predicted octanol–water partition coefficient (Wildman–Crippen LogP) is 3.68. The maximum atomic E-state index is 14.3. The first-order chi connectivity index (χ1) is 11.3. The molecule has 1 saturated carbocycles. The van der Waals surface area contributed by atoms with Crippen LogP contribution in [-0.2, 0) is 23.8 Å². The summed E-state index contributed by atoms with van der Waals surface area (Å²) < 4.78 is 16.1. The van der Waals surface area contributed by atoms with Crippen molar-refractivity contribution in [3.05, 3.63) is 52.1 Å². The molecule has 0 aliphatic heterocycles. The van der Waals surface area contributed by atoms with E-state index in [0.29, 0.717) is 12.5 Å². The van der Waals surface area contributed by atoms with E-state index in [-0.39, 0.29) is 16.5 Å². The van der Waals surface area contributed by atoms with Gasteiger partial charge < -0.3 is 5.32 Å². The van der Waals surface area contributed by atoms with Gasteiger partial charge in [0.15, 0.2) is 0 Å². The van der Waals surface area contributed by atoms with Gasteiger partial charge >= 0.3 is 0 Å². The van der Waals surface area contributed by atoms with E-state index < -0.39 is 11.2 Å². The highest BCUT2D eigenvalue weighted by Crippen LogP contribution is 2.39. The normalized spacial score (nSPS) is 14.7. The van der Waals surface area contributed by atoms with Crippen molar-refractivity contribution in [2.75, 3.05) is 0 Å². The van der Waals surface area contributed by atoms with Gasteiger partial charge in [-0.15, -0.1) is 0 Å². The average Bonchev–Trinajstić information content (AvgIpc) is 3.31. The van der Waals surface area contributed by atoms with E-state index in [1.54, 1.807) is 30.7 Å². The van der Waals surface area contributed by atoms with Crippen LogP contribution in [0.4, 0.5) is 4.39 Å². The van der Waals surface area contributed by atoms with Crippen molar-refractivity contribution in [3.8, 4) is 0 Å². The molecule has 128 valence electrons. The lowest BCUT2D eigenvalue weighted by Crippen LogP contribution is -2.40. The number of nitrogens with zero attached hydrogens (tertiary/aromatic N) is 2. The zero-order valence-electron chi connectivity index (χ0n) is 14.1. The molecule has 1 aliphatic rings. The number of nitrogens with one attached hydrogen (secondary N) is 1. The van der Waals surface area contributed by atoms with Crippen molar-refractivity contribution in [2.24, 2.45) is 7.05 Å². The van der Waals surface area contributed by atoms with Crippen LogP contribution in [0.2, 0.25) is 5.02 Å². The Morgan fingerprint density at radius 1 is 1.46 bits per heavy atom. The highest BCUT2D eigenvalue weighted by atomic mass is 35.5. The Kier molecular flexibility index (Phi) is 4.38. The van der Waals surface area contributed by atoms with Gasteiger partial charge in [0.05, 0.1) is 28.4 Å². The van der Waals surface area contributed by atoms with Crippen molar-refractivity contribution in [2.45, 2.75) is 44.6 Å². The van der Waals surface area contributed by atoms with Crippen LogP contribution in [0.15, 0.2) is 24.3 Å².